The molecular formula is C22H17N3O7. The predicted octanol–water partition coefficient (Wildman–Crippen LogP) is 2.67. The fourth-order valence-electron chi connectivity index (χ4n) is 3.13. The third-order valence-electron chi connectivity index (χ3n) is 4.57. The number of anilines is 2. The van der Waals surface area contributed by atoms with Crippen LogP contribution in [0.25, 0.3) is 0 Å². The Bertz CT molecular complexity index is 1190. The van der Waals surface area contributed by atoms with E-state index in [1.54, 1.807) is 24.3 Å². The summed E-state index contributed by atoms with van der Waals surface area (Å²) in [6.45, 7) is 1.78. The summed E-state index contributed by atoms with van der Waals surface area (Å²) in [4.78, 5) is 50.8. The Morgan fingerprint density at radius 2 is 1.78 bits per heavy atom. The van der Waals surface area contributed by atoms with Gasteiger partial charge < -0.3 is 19.3 Å². The number of fused-ring (bicyclic) bond motifs is 1. The molecule has 0 saturated heterocycles. The molecule has 0 fully saturated rings. The van der Waals surface area contributed by atoms with Crippen molar-refractivity contribution >= 4 is 35.2 Å². The Morgan fingerprint density at radius 1 is 1.03 bits per heavy atom. The van der Waals surface area contributed by atoms with Crippen LogP contribution in [0, 0.1) is 0 Å². The van der Waals surface area contributed by atoms with Crippen molar-refractivity contribution in [3.05, 3.63) is 71.5 Å². The molecule has 3 amide bonds. The van der Waals surface area contributed by atoms with Gasteiger partial charge in [-0.25, -0.2) is 9.69 Å². The van der Waals surface area contributed by atoms with Gasteiger partial charge in [-0.1, -0.05) is 5.16 Å². The summed E-state index contributed by atoms with van der Waals surface area (Å²) < 4.78 is 14.9. The van der Waals surface area contributed by atoms with E-state index >= 15 is 0 Å². The number of nitrogens with one attached hydrogen (secondary N) is 1. The van der Waals surface area contributed by atoms with Crippen LogP contribution in [0.3, 0.4) is 0 Å². The minimum atomic E-state index is -0.817. The van der Waals surface area contributed by atoms with Crippen molar-refractivity contribution in [3.63, 3.8) is 0 Å². The van der Waals surface area contributed by atoms with Gasteiger partial charge in [-0.05, 0) is 49.4 Å². The zero-order valence-corrected chi connectivity index (χ0v) is 16.9. The highest BCUT2D eigenvalue weighted by molar-refractivity contribution is 6.34. The van der Waals surface area contributed by atoms with Crippen molar-refractivity contribution < 1.29 is 33.2 Å². The number of imide groups is 1. The second-order valence-electron chi connectivity index (χ2n) is 6.64. The van der Waals surface area contributed by atoms with Crippen molar-refractivity contribution in [1.29, 1.82) is 0 Å². The molecule has 0 radical (unpaired) electrons. The van der Waals surface area contributed by atoms with Gasteiger partial charge in [-0.3, -0.25) is 14.4 Å². The third kappa shape index (κ3) is 4.06. The number of carbonyl (C=O) groups excluding carboxylic acids is 4. The SMILES string of the molecule is CCOc1ccc(N2C(=O)c3ccc(C(=O)OCC(=O)Nc4ccon4)cc3C2=O)cc1. The van der Waals surface area contributed by atoms with E-state index in [2.05, 4.69) is 15.0 Å². The molecule has 10 nitrogen and oxygen atoms in total. The van der Waals surface area contributed by atoms with Crippen LogP contribution in [-0.4, -0.2) is 42.1 Å². The second kappa shape index (κ2) is 8.72. The molecule has 3 aromatic rings. The van der Waals surface area contributed by atoms with E-state index in [1.807, 2.05) is 6.92 Å². The molecule has 0 atom stereocenters. The summed E-state index contributed by atoms with van der Waals surface area (Å²) in [5.41, 5.74) is 0.663. The van der Waals surface area contributed by atoms with Gasteiger partial charge in [-0.2, -0.15) is 0 Å². The Balaban J connectivity index is 1.46. The molecule has 10 heteroatoms. The number of hydrogen-bond acceptors (Lipinski definition) is 8. The van der Waals surface area contributed by atoms with Crippen LogP contribution >= 0.6 is 0 Å². The molecule has 0 saturated carbocycles. The first-order chi connectivity index (χ1) is 15.5. The average Bonchev–Trinajstić information content (AvgIpc) is 3.39. The maximum absolute atomic E-state index is 12.9. The molecular weight excluding hydrogens is 418 g/mol. The van der Waals surface area contributed by atoms with Gasteiger partial charge in [0.2, 0.25) is 0 Å². The lowest BCUT2D eigenvalue weighted by Crippen LogP contribution is -2.29. The molecule has 162 valence electrons. The average molecular weight is 435 g/mol. The molecule has 2 aromatic carbocycles. The monoisotopic (exact) mass is 435 g/mol. The Morgan fingerprint density at radius 3 is 2.47 bits per heavy atom. The van der Waals surface area contributed by atoms with Crippen LogP contribution in [0.4, 0.5) is 11.5 Å². The van der Waals surface area contributed by atoms with Crippen molar-refractivity contribution in [1.82, 2.24) is 5.16 Å². The van der Waals surface area contributed by atoms with Gasteiger partial charge in [-0.15, -0.1) is 0 Å². The lowest BCUT2D eigenvalue weighted by molar-refractivity contribution is -0.119. The highest BCUT2D eigenvalue weighted by Gasteiger charge is 2.37. The molecule has 0 spiro atoms. The van der Waals surface area contributed by atoms with E-state index in [4.69, 9.17) is 9.47 Å². The topological polar surface area (TPSA) is 128 Å². The number of rotatable bonds is 7. The standard InChI is InChI=1S/C22H17N3O7/c1-2-30-15-6-4-14(5-7-15)25-20(27)16-8-3-13(11-17(16)21(25)28)22(29)31-12-19(26)23-18-9-10-32-24-18/h3-11H,2,12H2,1H3,(H,23,24,26). The first-order valence-electron chi connectivity index (χ1n) is 9.61. The van der Waals surface area contributed by atoms with Crippen molar-refractivity contribution in [3.8, 4) is 5.75 Å². The Kier molecular flexibility index (Phi) is 5.67. The van der Waals surface area contributed by atoms with Crippen molar-refractivity contribution in [2.24, 2.45) is 0 Å². The van der Waals surface area contributed by atoms with E-state index in [1.165, 1.54) is 30.5 Å². The van der Waals surface area contributed by atoms with E-state index in [9.17, 15) is 19.2 Å². The van der Waals surface area contributed by atoms with Crippen LogP contribution in [-0.2, 0) is 9.53 Å². The molecule has 0 aliphatic carbocycles. The number of aromatic nitrogens is 1. The predicted molar refractivity (Wildman–Crippen MR) is 111 cm³/mol. The van der Waals surface area contributed by atoms with Gasteiger partial charge in [0.15, 0.2) is 12.4 Å². The molecule has 32 heavy (non-hydrogen) atoms. The lowest BCUT2D eigenvalue weighted by Gasteiger charge is -2.14. The number of carbonyl (C=O) groups is 4. The molecule has 1 aliphatic rings. The smallest absolute Gasteiger partial charge is 0.338 e. The fourth-order valence-corrected chi connectivity index (χ4v) is 3.13. The molecule has 0 unspecified atom stereocenters. The quantitative estimate of drug-likeness (QED) is 0.443. The maximum Gasteiger partial charge on any atom is 0.338 e. The molecule has 0 bridgehead atoms. The van der Waals surface area contributed by atoms with E-state index < -0.39 is 30.3 Å². The molecule has 1 aliphatic heterocycles. The number of amides is 3. The van der Waals surface area contributed by atoms with Crippen LogP contribution in [0.1, 0.15) is 38.0 Å². The van der Waals surface area contributed by atoms with Crippen LogP contribution in [0.2, 0.25) is 0 Å². The summed E-state index contributed by atoms with van der Waals surface area (Å²) >= 11 is 0. The number of hydrogen-bond donors (Lipinski definition) is 1. The highest BCUT2D eigenvalue weighted by Crippen LogP contribution is 2.30. The highest BCUT2D eigenvalue weighted by atomic mass is 16.5. The van der Waals surface area contributed by atoms with E-state index in [-0.39, 0.29) is 22.5 Å². The fraction of sp³-hybridized carbons (Fsp3) is 0.136. The van der Waals surface area contributed by atoms with Gasteiger partial charge in [0.1, 0.15) is 12.0 Å². The Labute approximate surface area is 181 Å². The van der Waals surface area contributed by atoms with E-state index in [0.29, 0.717) is 18.0 Å². The first-order valence-corrected chi connectivity index (χ1v) is 9.61. The summed E-state index contributed by atoms with van der Waals surface area (Å²) in [5.74, 6) is -1.69. The van der Waals surface area contributed by atoms with E-state index in [0.717, 1.165) is 4.90 Å². The normalized spacial score (nSPS) is 12.5. The molecule has 2 heterocycles. The zero-order valence-electron chi connectivity index (χ0n) is 16.9. The minimum absolute atomic E-state index is 0.0349. The molecule has 1 N–H and O–H groups in total. The van der Waals surface area contributed by atoms with Gasteiger partial charge in [0.25, 0.3) is 17.7 Å². The van der Waals surface area contributed by atoms with Crippen LogP contribution in [0.15, 0.2) is 59.3 Å². The van der Waals surface area contributed by atoms with Crippen molar-refractivity contribution in [2.45, 2.75) is 6.92 Å². The van der Waals surface area contributed by atoms with Gasteiger partial charge in [0.05, 0.1) is 29.0 Å². The lowest BCUT2D eigenvalue weighted by atomic mass is 10.1. The summed E-state index contributed by atoms with van der Waals surface area (Å²) in [6, 6.07) is 12.0. The summed E-state index contributed by atoms with van der Waals surface area (Å²) in [6.07, 6.45) is 1.28. The summed E-state index contributed by atoms with van der Waals surface area (Å²) in [7, 11) is 0. The van der Waals surface area contributed by atoms with Gasteiger partial charge >= 0.3 is 5.97 Å². The first kappa shape index (κ1) is 20.8. The Hall–Kier alpha value is -4.47. The number of benzene rings is 2. The largest absolute Gasteiger partial charge is 0.494 e. The minimum Gasteiger partial charge on any atom is -0.494 e. The number of nitrogens with zero attached hydrogens (tertiary/aromatic N) is 2. The third-order valence-corrected chi connectivity index (χ3v) is 4.57. The van der Waals surface area contributed by atoms with Crippen LogP contribution in [0.5, 0.6) is 5.75 Å². The number of esters is 1. The zero-order chi connectivity index (χ0) is 22.7. The second-order valence-corrected chi connectivity index (χ2v) is 6.64. The molecule has 1 aromatic heterocycles. The van der Waals surface area contributed by atoms with Crippen LogP contribution < -0.4 is 15.0 Å². The summed E-state index contributed by atoms with van der Waals surface area (Å²) in [5, 5.41) is 5.90. The van der Waals surface area contributed by atoms with Crippen molar-refractivity contribution in [2.75, 3.05) is 23.4 Å². The van der Waals surface area contributed by atoms with Gasteiger partial charge in [0, 0.05) is 6.07 Å². The molecule has 4 rings (SSSR count). The number of ether oxygens (including phenoxy) is 2. The maximum atomic E-state index is 12.9.